The SMILES string of the molecule is O=C(c1ccncc1)N1CCC(N2CCC(Cc3cc(F)cc(F)c3)C2)CC1. The van der Waals surface area contributed by atoms with Gasteiger partial charge in [0.05, 0.1) is 0 Å². The normalized spacial score (nSPS) is 21.2. The Morgan fingerprint density at radius 3 is 2.36 bits per heavy atom. The highest BCUT2D eigenvalue weighted by Crippen LogP contribution is 2.27. The molecule has 3 heterocycles. The third-order valence-corrected chi connectivity index (χ3v) is 5.96. The summed E-state index contributed by atoms with van der Waals surface area (Å²) in [6.45, 7) is 3.51. The maximum absolute atomic E-state index is 13.4. The Hall–Kier alpha value is -2.34. The number of aromatic nitrogens is 1. The lowest BCUT2D eigenvalue weighted by molar-refractivity contribution is 0.0641. The van der Waals surface area contributed by atoms with Crippen molar-refractivity contribution in [3.63, 3.8) is 0 Å². The average molecular weight is 385 g/mol. The number of rotatable bonds is 4. The Morgan fingerprint density at radius 1 is 1.00 bits per heavy atom. The highest BCUT2D eigenvalue weighted by Gasteiger charge is 2.32. The molecule has 0 spiro atoms. The maximum atomic E-state index is 13.4. The second-order valence-corrected chi connectivity index (χ2v) is 7.89. The summed E-state index contributed by atoms with van der Waals surface area (Å²) in [5.41, 5.74) is 1.43. The number of pyridine rings is 1. The summed E-state index contributed by atoms with van der Waals surface area (Å²) in [5, 5.41) is 0. The quantitative estimate of drug-likeness (QED) is 0.808. The fourth-order valence-electron chi connectivity index (χ4n) is 4.53. The first-order valence-electron chi connectivity index (χ1n) is 9.97. The molecular formula is C22H25F2N3O. The van der Waals surface area contributed by atoms with E-state index in [-0.39, 0.29) is 5.91 Å². The van der Waals surface area contributed by atoms with Gasteiger partial charge in [-0.1, -0.05) is 0 Å². The van der Waals surface area contributed by atoms with Gasteiger partial charge in [0, 0.05) is 49.7 Å². The molecule has 2 aliphatic rings. The van der Waals surface area contributed by atoms with Crippen molar-refractivity contribution in [3.05, 3.63) is 65.5 Å². The average Bonchev–Trinajstić information content (AvgIpc) is 3.16. The van der Waals surface area contributed by atoms with Gasteiger partial charge in [-0.2, -0.15) is 0 Å². The molecule has 1 aromatic heterocycles. The molecule has 4 nitrogen and oxygen atoms in total. The van der Waals surface area contributed by atoms with E-state index >= 15 is 0 Å². The van der Waals surface area contributed by atoms with E-state index in [1.54, 1.807) is 24.5 Å². The van der Waals surface area contributed by atoms with Gasteiger partial charge in [0.25, 0.3) is 5.91 Å². The first-order valence-corrected chi connectivity index (χ1v) is 9.97. The van der Waals surface area contributed by atoms with E-state index in [2.05, 4.69) is 9.88 Å². The minimum atomic E-state index is -0.504. The number of hydrogen-bond acceptors (Lipinski definition) is 3. The third-order valence-electron chi connectivity index (χ3n) is 5.96. The van der Waals surface area contributed by atoms with Gasteiger partial charge in [0.15, 0.2) is 0 Å². The molecule has 1 atom stereocenters. The minimum absolute atomic E-state index is 0.0771. The number of amides is 1. The Morgan fingerprint density at radius 2 is 1.68 bits per heavy atom. The van der Waals surface area contributed by atoms with Crippen LogP contribution in [0, 0.1) is 17.6 Å². The van der Waals surface area contributed by atoms with E-state index in [1.165, 1.54) is 12.1 Å². The fraction of sp³-hybridized carbons (Fsp3) is 0.455. The number of benzene rings is 1. The van der Waals surface area contributed by atoms with Gasteiger partial charge in [0.1, 0.15) is 11.6 Å². The lowest BCUT2D eigenvalue weighted by Crippen LogP contribution is -2.46. The zero-order chi connectivity index (χ0) is 19.5. The topological polar surface area (TPSA) is 36.4 Å². The summed E-state index contributed by atoms with van der Waals surface area (Å²) in [6, 6.07) is 7.80. The van der Waals surface area contributed by atoms with Gasteiger partial charge >= 0.3 is 0 Å². The monoisotopic (exact) mass is 385 g/mol. The van der Waals surface area contributed by atoms with E-state index < -0.39 is 11.6 Å². The van der Waals surface area contributed by atoms with Crippen LogP contribution in [0.3, 0.4) is 0 Å². The van der Waals surface area contributed by atoms with Gasteiger partial charge in [-0.25, -0.2) is 8.78 Å². The van der Waals surface area contributed by atoms with Crippen LogP contribution in [-0.2, 0) is 6.42 Å². The van der Waals surface area contributed by atoms with Crippen LogP contribution < -0.4 is 0 Å². The Labute approximate surface area is 164 Å². The molecule has 2 saturated heterocycles. The van der Waals surface area contributed by atoms with Gasteiger partial charge in [-0.05, 0) is 68.0 Å². The maximum Gasteiger partial charge on any atom is 0.253 e. The largest absolute Gasteiger partial charge is 0.339 e. The Balaban J connectivity index is 1.28. The lowest BCUT2D eigenvalue weighted by atomic mass is 9.98. The zero-order valence-electron chi connectivity index (χ0n) is 15.9. The molecule has 0 radical (unpaired) electrons. The van der Waals surface area contributed by atoms with Gasteiger partial charge in [0.2, 0.25) is 0 Å². The second-order valence-electron chi connectivity index (χ2n) is 7.89. The molecular weight excluding hydrogens is 360 g/mol. The molecule has 0 aliphatic carbocycles. The number of hydrogen-bond donors (Lipinski definition) is 0. The molecule has 148 valence electrons. The lowest BCUT2D eigenvalue weighted by Gasteiger charge is -2.37. The molecule has 2 fully saturated rings. The summed E-state index contributed by atoms with van der Waals surface area (Å²) in [5.74, 6) is -0.502. The summed E-state index contributed by atoms with van der Waals surface area (Å²) in [4.78, 5) is 20.9. The molecule has 4 rings (SSSR count). The fourth-order valence-corrected chi connectivity index (χ4v) is 4.53. The Bertz CT molecular complexity index is 802. The first kappa shape index (κ1) is 19.0. The number of likely N-dealkylation sites (tertiary alicyclic amines) is 2. The molecule has 1 aromatic carbocycles. The van der Waals surface area contributed by atoms with Gasteiger partial charge in [-0.3, -0.25) is 14.7 Å². The van der Waals surface area contributed by atoms with Crippen molar-refractivity contribution in [2.24, 2.45) is 5.92 Å². The zero-order valence-corrected chi connectivity index (χ0v) is 15.9. The van der Waals surface area contributed by atoms with Crippen molar-refractivity contribution in [2.75, 3.05) is 26.2 Å². The molecule has 6 heteroatoms. The highest BCUT2D eigenvalue weighted by atomic mass is 19.1. The molecule has 1 amide bonds. The van der Waals surface area contributed by atoms with E-state index in [1.807, 2.05) is 4.90 Å². The molecule has 2 aliphatic heterocycles. The summed E-state index contributed by atoms with van der Waals surface area (Å²) < 4.78 is 26.8. The van der Waals surface area contributed by atoms with Crippen LogP contribution in [0.4, 0.5) is 8.78 Å². The molecule has 1 unspecified atom stereocenters. The standard InChI is InChI=1S/C22H25F2N3O/c23-19-12-17(13-20(24)14-19)11-16-3-8-27(15-16)21-4-9-26(10-5-21)22(28)18-1-6-25-7-2-18/h1-2,6-7,12-14,16,21H,3-5,8-11,15H2. The second kappa shape index (κ2) is 8.35. The van der Waals surface area contributed by atoms with Crippen LogP contribution in [0.2, 0.25) is 0 Å². The van der Waals surface area contributed by atoms with Crippen LogP contribution in [0.5, 0.6) is 0 Å². The number of halogens is 2. The van der Waals surface area contributed by atoms with E-state index in [0.717, 1.165) is 57.1 Å². The van der Waals surface area contributed by atoms with Crippen LogP contribution in [0.15, 0.2) is 42.7 Å². The van der Waals surface area contributed by atoms with Crippen molar-refractivity contribution in [2.45, 2.75) is 31.7 Å². The molecule has 28 heavy (non-hydrogen) atoms. The summed E-state index contributed by atoms with van der Waals surface area (Å²) >= 11 is 0. The van der Waals surface area contributed by atoms with Crippen molar-refractivity contribution >= 4 is 5.91 Å². The van der Waals surface area contributed by atoms with E-state index in [9.17, 15) is 13.6 Å². The van der Waals surface area contributed by atoms with Crippen LogP contribution in [-0.4, -0.2) is 52.9 Å². The number of nitrogens with zero attached hydrogens (tertiary/aromatic N) is 3. The smallest absolute Gasteiger partial charge is 0.253 e. The number of carbonyl (C=O) groups is 1. The van der Waals surface area contributed by atoms with Crippen molar-refractivity contribution in [3.8, 4) is 0 Å². The van der Waals surface area contributed by atoms with Crippen molar-refractivity contribution < 1.29 is 13.6 Å². The molecule has 0 saturated carbocycles. The number of piperidine rings is 1. The molecule has 2 aromatic rings. The van der Waals surface area contributed by atoms with Crippen LogP contribution >= 0.6 is 0 Å². The van der Waals surface area contributed by atoms with Gasteiger partial charge in [-0.15, -0.1) is 0 Å². The van der Waals surface area contributed by atoms with Crippen LogP contribution in [0.1, 0.15) is 35.2 Å². The minimum Gasteiger partial charge on any atom is -0.339 e. The predicted molar refractivity (Wildman–Crippen MR) is 103 cm³/mol. The highest BCUT2D eigenvalue weighted by molar-refractivity contribution is 5.94. The van der Waals surface area contributed by atoms with Crippen molar-refractivity contribution in [1.82, 2.24) is 14.8 Å². The number of carbonyl (C=O) groups excluding carboxylic acids is 1. The van der Waals surface area contributed by atoms with E-state index in [4.69, 9.17) is 0 Å². The molecule has 0 N–H and O–H groups in total. The Kier molecular flexibility index (Phi) is 5.67. The summed E-state index contributed by atoms with van der Waals surface area (Å²) in [7, 11) is 0. The van der Waals surface area contributed by atoms with Crippen LogP contribution in [0.25, 0.3) is 0 Å². The predicted octanol–water partition coefficient (Wildman–Crippen LogP) is 3.53. The molecule has 0 bridgehead atoms. The summed E-state index contributed by atoms with van der Waals surface area (Å²) in [6.07, 6.45) is 7.00. The van der Waals surface area contributed by atoms with E-state index in [0.29, 0.717) is 23.9 Å². The van der Waals surface area contributed by atoms with Crippen molar-refractivity contribution in [1.29, 1.82) is 0 Å². The third kappa shape index (κ3) is 4.38. The van der Waals surface area contributed by atoms with Gasteiger partial charge < -0.3 is 4.90 Å². The first-order chi connectivity index (χ1) is 13.6.